The Morgan fingerprint density at radius 3 is 2.44 bits per heavy atom. The molecule has 52 valence electrons. The van der Waals surface area contributed by atoms with E-state index in [1.165, 1.54) is 19.3 Å². The highest BCUT2D eigenvalue weighted by molar-refractivity contribution is 5.52. The Morgan fingerprint density at radius 2 is 1.89 bits per heavy atom. The fraction of sp³-hybridized carbons (Fsp3) is 0.857. The lowest BCUT2D eigenvalue weighted by atomic mass is 10.2. The zero-order chi connectivity index (χ0) is 6.53. The Kier molecular flexibility index (Phi) is 2.55. The molecule has 0 aromatic heterocycles. The summed E-state index contributed by atoms with van der Waals surface area (Å²) in [5, 5.41) is 6.33. The van der Waals surface area contributed by atoms with E-state index in [-0.39, 0.29) is 0 Å². The molecule has 1 rings (SSSR count). The van der Waals surface area contributed by atoms with Crippen molar-refractivity contribution >= 4 is 6.21 Å². The lowest BCUT2D eigenvalue weighted by Gasteiger charge is -2.22. The quantitative estimate of drug-likeness (QED) is 0.486. The number of nitrogens with zero attached hydrogens (tertiary/aromatic N) is 2. The lowest BCUT2D eigenvalue weighted by molar-refractivity contribution is 0.240. The molecule has 0 aromatic carbocycles. The number of hydrogen-bond acceptors (Lipinski definition) is 2. The Morgan fingerprint density at radius 1 is 1.22 bits per heavy atom. The molecule has 0 atom stereocenters. The van der Waals surface area contributed by atoms with Crippen LogP contribution in [-0.4, -0.2) is 24.3 Å². The van der Waals surface area contributed by atoms with Gasteiger partial charge in [-0.2, -0.15) is 5.10 Å². The number of piperidine rings is 1. The van der Waals surface area contributed by atoms with Gasteiger partial charge in [-0.05, 0) is 26.2 Å². The maximum atomic E-state index is 4.19. The third kappa shape index (κ3) is 2.04. The van der Waals surface area contributed by atoms with E-state index in [4.69, 9.17) is 0 Å². The summed E-state index contributed by atoms with van der Waals surface area (Å²) in [6, 6.07) is 0. The third-order valence-corrected chi connectivity index (χ3v) is 1.61. The minimum absolute atomic E-state index is 1.16. The molecule has 9 heavy (non-hydrogen) atoms. The van der Waals surface area contributed by atoms with Gasteiger partial charge in [-0.15, -0.1) is 0 Å². The summed E-state index contributed by atoms with van der Waals surface area (Å²) in [5.74, 6) is 0. The first kappa shape index (κ1) is 6.59. The monoisotopic (exact) mass is 126 g/mol. The van der Waals surface area contributed by atoms with Gasteiger partial charge in [0.05, 0.1) is 0 Å². The molecule has 2 heteroatoms. The Labute approximate surface area is 56.5 Å². The van der Waals surface area contributed by atoms with E-state index in [1.54, 1.807) is 0 Å². The van der Waals surface area contributed by atoms with Gasteiger partial charge in [0.1, 0.15) is 0 Å². The van der Waals surface area contributed by atoms with Crippen LogP contribution in [0.15, 0.2) is 5.10 Å². The number of rotatable bonds is 1. The fourth-order valence-electron chi connectivity index (χ4n) is 1.16. The molecule has 1 aliphatic heterocycles. The van der Waals surface area contributed by atoms with Crippen molar-refractivity contribution in [3.63, 3.8) is 0 Å². The molecule has 1 heterocycles. The zero-order valence-electron chi connectivity index (χ0n) is 6.01. The molecule has 0 radical (unpaired) electrons. The van der Waals surface area contributed by atoms with Gasteiger partial charge in [-0.1, -0.05) is 0 Å². The van der Waals surface area contributed by atoms with Gasteiger partial charge >= 0.3 is 0 Å². The van der Waals surface area contributed by atoms with E-state index in [9.17, 15) is 0 Å². The Bertz CT molecular complexity index is 93.1. The molecule has 0 spiro atoms. The second-order valence-electron chi connectivity index (χ2n) is 2.39. The van der Waals surface area contributed by atoms with E-state index in [1.807, 2.05) is 13.1 Å². The van der Waals surface area contributed by atoms with E-state index in [0.717, 1.165) is 13.1 Å². The minimum atomic E-state index is 1.16. The van der Waals surface area contributed by atoms with Crippen molar-refractivity contribution in [2.45, 2.75) is 26.2 Å². The van der Waals surface area contributed by atoms with Crippen LogP contribution in [0.25, 0.3) is 0 Å². The van der Waals surface area contributed by atoms with E-state index >= 15 is 0 Å². The summed E-state index contributed by atoms with van der Waals surface area (Å²) in [6.07, 6.45) is 5.88. The van der Waals surface area contributed by atoms with Crippen LogP contribution in [0.5, 0.6) is 0 Å². The maximum absolute atomic E-state index is 4.19. The van der Waals surface area contributed by atoms with E-state index in [0.29, 0.717) is 0 Å². The predicted octanol–water partition coefficient (Wildman–Crippen LogP) is 1.48. The number of hydrazone groups is 1. The van der Waals surface area contributed by atoms with Crippen LogP contribution in [0, 0.1) is 0 Å². The SMILES string of the molecule is C/C=N/N1CCCCC1. The molecule has 0 amide bonds. The van der Waals surface area contributed by atoms with Crippen molar-refractivity contribution in [1.82, 2.24) is 5.01 Å². The van der Waals surface area contributed by atoms with Gasteiger partial charge in [0.25, 0.3) is 0 Å². The van der Waals surface area contributed by atoms with Crippen LogP contribution in [0.1, 0.15) is 26.2 Å². The molecule has 0 saturated carbocycles. The van der Waals surface area contributed by atoms with Crippen molar-refractivity contribution in [2.75, 3.05) is 13.1 Å². The van der Waals surface area contributed by atoms with Crippen LogP contribution in [0.4, 0.5) is 0 Å². The van der Waals surface area contributed by atoms with Crippen molar-refractivity contribution < 1.29 is 0 Å². The molecule has 0 bridgehead atoms. The first-order chi connectivity index (χ1) is 4.43. The summed E-state index contributed by atoms with van der Waals surface area (Å²) in [6.45, 7) is 4.28. The normalized spacial score (nSPS) is 21.2. The van der Waals surface area contributed by atoms with Gasteiger partial charge < -0.3 is 0 Å². The molecule has 1 saturated heterocycles. The first-order valence-corrected chi connectivity index (χ1v) is 3.67. The van der Waals surface area contributed by atoms with Crippen LogP contribution in [0.3, 0.4) is 0 Å². The van der Waals surface area contributed by atoms with Gasteiger partial charge in [0, 0.05) is 19.3 Å². The fourth-order valence-corrected chi connectivity index (χ4v) is 1.16. The highest BCUT2D eigenvalue weighted by atomic mass is 15.4. The molecule has 0 N–H and O–H groups in total. The van der Waals surface area contributed by atoms with Crippen molar-refractivity contribution in [1.29, 1.82) is 0 Å². The van der Waals surface area contributed by atoms with Gasteiger partial charge in [-0.3, -0.25) is 5.01 Å². The van der Waals surface area contributed by atoms with Crippen LogP contribution >= 0.6 is 0 Å². The van der Waals surface area contributed by atoms with Gasteiger partial charge in [-0.25, -0.2) is 0 Å². The first-order valence-electron chi connectivity index (χ1n) is 3.67. The van der Waals surface area contributed by atoms with Crippen LogP contribution < -0.4 is 0 Å². The number of hydrogen-bond donors (Lipinski definition) is 0. The molecule has 0 unspecified atom stereocenters. The topological polar surface area (TPSA) is 15.6 Å². The summed E-state index contributed by atoms with van der Waals surface area (Å²) >= 11 is 0. The van der Waals surface area contributed by atoms with Crippen molar-refractivity contribution in [3.05, 3.63) is 0 Å². The molecule has 0 aromatic rings. The molecular formula is C7H14N2. The lowest BCUT2D eigenvalue weighted by Crippen LogP contribution is -2.24. The predicted molar refractivity (Wildman–Crippen MR) is 39.6 cm³/mol. The second-order valence-corrected chi connectivity index (χ2v) is 2.39. The van der Waals surface area contributed by atoms with Gasteiger partial charge in [0.15, 0.2) is 0 Å². The highest BCUT2D eigenvalue weighted by Gasteiger charge is 2.04. The molecular weight excluding hydrogens is 112 g/mol. The van der Waals surface area contributed by atoms with Crippen molar-refractivity contribution in [3.8, 4) is 0 Å². The van der Waals surface area contributed by atoms with E-state index in [2.05, 4.69) is 10.1 Å². The van der Waals surface area contributed by atoms with Gasteiger partial charge in [0.2, 0.25) is 0 Å². The average Bonchev–Trinajstić information content (AvgIpc) is 1.91. The largest absolute Gasteiger partial charge is 0.297 e. The van der Waals surface area contributed by atoms with Crippen molar-refractivity contribution in [2.24, 2.45) is 5.10 Å². The Balaban J connectivity index is 2.23. The van der Waals surface area contributed by atoms with Crippen LogP contribution in [0.2, 0.25) is 0 Å². The summed E-state index contributed by atoms with van der Waals surface area (Å²) in [4.78, 5) is 0. The third-order valence-electron chi connectivity index (χ3n) is 1.61. The zero-order valence-corrected chi connectivity index (χ0v) is 6.01. The standard InChI is InChI=1S/C7H14N2/c1-2-8-9-6-4-3-5-7-9/h2H,3-7H2,1H3/b8-2+. The van der Waals surface area contributed by atoms with Crippen LogP contribution in [-0.2, 0) is 0 Å². The smallest absolute Gasteiger partial charge is 0.0360 e. The molecule has 0 aliphatic carbocycles. The summed E-state index contributed by atoms with van der Waals surface area (Å²) in [5.41, 5.74) is 0. The van der Waals surface area contributed by atoms with E-state index < -0.39 is 0 Å². The Hall–Kier alpha value is -0.530. The molecule has 2 nitrogen and oxygen atoms in total. The minimum Gasteiger partial charge on any atom is -0.297 e. The second kappa shape index (κ2) is 3.49. The summed E-state index contributed by atoms with van der Waals surface area (Å²) in [7, 11) is 0. The molecule has 1 fully saturated rings. The average molecular weight is 126 g/mol. The highest BCUT2D eigenvalue weighted by Crippen LogP contribution is 2.07. The molecule has 1 aliphatic rings. The maximum Gasteiger partial charge on any atom is 0.0360 e. The summed E-state index contributed by atoms with van der Waals surface area (Å²) < 4.78 is 0.